The van der Waals surface area contributed by atoms with Crippen LogP contribution in [0.5, 0.6) is 5.75 Å². The molecular formula is C16H18FNO3. The van der Waals surface area contributed by atoms with E-state index in [-0.39, 0.29) is 17.1 Å². The van der Waals surface area contributed by atoms with E-state index in [0.29, 0.717) is 17.0 Å². The summed E-state index contributed by atoms with van der Waals surface area (Å²) in [5, 5.41) is 10.3. The van der Waals surface area contributed by atoms with Crippen molar-refractivity contribution >= 4 is 5.97 Å². The van der Waals surface area contributed by atoms with Crippen molar-refractivity contribution in [2.75, 3.05) is 0 Å². The summed E-state index contributed by atoms with van der Waals surface area (Å²) < 4.78 is 18.2. The Morgan fingerprint density at radius 3 is 2.33 bits per heavy atom. The first-order valence-electron chi connectivity index (χ1n) is 6.60. The lowest BCUT2D eigenvalue weighted by Crippen LogP contribution is -2.24. The van der Waals surface area contributed by atoms with E-state index in [1.54, 1.807) is 27.7 Å². The fraction of sp³-hybridized carbons (Fsp3) is 0.312. The molecule has 4 nitrogen and oxygen atoms in total. The largest absolute Gasteiger partial charge is 0.505 e. The van der Waals surface area contributed by atoms with E-state index < -0.39 is 11.6 Å². The molecule has 0 aliphatic heterocycles. The summed E-state index contributed by atoms with van der Waals surface area (Å²) in [6.07, 6.45) is 0. The van der Waals surface area contributed by atoms with Crippen LogP contribution in [0, 0.1) is 12.7 Å². The van der Waals surface area contributed by atoms with Gasteiger partial charge in [0.1, 0.15) is 17.0 Å². The maximum Gasteiger partial charge on any atom is 0.344 e. The zero-order chi connectivity index (χ0) is 15.8. The number of aryl methyl sites for hydroxylation is 1. The van der Waals surface area contributed by atoms with E-state index in [4.69, 9.17) is 4.74 Å². The van der Waals surface area contributed by atoms with Crippen LogP contribution >= 0.6 is 0 Å². The highest BCUT2D eigenvalue weighted by Gasteiger charge is 2.26. The van der Waals surface area contributed by atoms with Gasteiger partial charge in [0.2, 0.25) is 0 Å². The highest BCUT2D eigenvalue weighted by atomic mass is 19.1. The Morgan fingerprint density at radius 1 is 1.24 bits per heavy atom. The Hall–Kier alpha value is -2.30. The molecule has 0 aliphatic carbocycles. The van der Waals surface area contributed by atoms with E-state index in [0.717, 1.165) is 0 Å². The van der Waals surface area contributed by atoms with Gasteiger partial charge in [-0.15, -0.1) is 0 Å². The SMILES string of the molecule is Cc1[nH]c(-c2ccc(F)cc2)c(O)c1C(=O)OC(C)(C)C. The van der Waals surface area contributed by atoms with Crippen molar-refractivity contribution in [1.29, 1.82) is 0 Å². The molecule has 0 fully saturated rings. The Labute approximate surface area is 122 Å². The number of rotatable bonds is 2. The lowest BCUT2D eigenvalue weighted by molar-refractivity contribution is 0.00665. The van der Waals surface area contributed by atoms with E-state index >= 15 is 0 Å². The standard InChI is InChI=1S/C16H18FNO3/c1-9-12(15(20)21-16(2,3)4)14(19)13(18-9)10-5-7-11(17)8-6-10/h5-8,18-19H,1-4H3. The van der Waals surface area contributed by atoms with Gasteiger partial charge in [0.05, 0.1) is 5.69 Å². The molecule has 1 aromatic heterocycles. The van der Waals surface area contributed by atoms with Crippen LogP contribution in [0.3, 0.4) is 0 Å². The summed E-state index contributed by atoms with van der Waals surface area (Å²) in [6, 6.07) is 5.63. The quantitative estimate of drug-likeness (QED) is 0.827. The number of carbonyl (C=O) groups is 1. The summed E-state index contributed by atoms with van der Waals surface area (Å²) in [5.74, 6) is -1.15. The van der Waals surface area contributed by atoms with Crippen LogP contribution in [0.15, 0.2) is 24.3 Å². The molecule has 0 unspecified atom stereocenters. The van der Waals surface area contributed by atoms with Crippen molar-refractivity contribution in [2.45, 2.75) is 33.3 Å². The number of H-pyrrole nitrogens is 1. The van der Waals surface area contributed by atoms with Gasteiger partial charge in [0, 0.05) is 11.3 Å². The number of aromatic amines is 1. The van der Waals surface area contributed by atoms with Crippen molar-refractivity contribution in [3.63, 3.8) is 0 Å². The number of carbonyl (C=O) groups excluding carboxylic acids is 1. The summed E-state index contributed by atoms with van der Waals surface area (Å²) in [4.78, 5) is 15.1. The van der Waals surface area contributed by atoms with Gasteiger partial charge in [-0.2, -0.15) is 0 Å². The fourth-order valence-electron chi connectivity index (χ4n) is 2.02. The number of hydrogen-bond donors (Lipinski definition) is 2. The molecule has 0 saturated heterocycles. The summed E-state index contributed by atoms with van der Waals surface area (Å²) in [7, 11) is 0. The van der Waals surface area contributed by atoms with Gasteiger partial charge in [-0.05, 0) is 52.0 Å². The average molecular weight is 291 g/mol. The van der Waals surface area contributed by atoms with Gasteiger partial charge in [-0.25, -0.2) is 9.18 Å². The van der Waals surface area contributed by atoms with Crippen LogP contribution in [0.2, 0.25) is 0 Å². The van der Waals surface area contributed by atoms with E-state index in [1.165, 1.54) is 24.3 Å². The minimum atomic E-state index is -0.650. The Bertz CT molecular complexity index is 666. The molecule has 1 aromatic carbocycles. The second-order valence-corrected chi connectivity index (χ2v) is 5.86. The maximum absolute atomic E-state index is 13.0. The van der Waals surface area contributed by atoms with Gasteiger partial charge in [-0.3, -0.25) is 0 Å². The number of aromatic hydroxyl groups is 1. The zero-order valence-electron chi connectivity index (χ0n) is 12.5. The van der Waals surface area contributed by atoms with E-state index in [1.807, 2.05) is 0 Å². The van der Waals surface area contributed by atoms with Crippen molar-refractivity contribution in [3.05, 3.63) is 41.3 Å². The molecule has 0 amide bonds. The molecule has 5 heteroatoms. The third kappa shape index (κ3) is 3.24. The van der Waals surface area contributed by atoms with Crippen molar-refractivity contribution in [1.82, 2.24) is 4.98 Å². The Balaban J connectivity index is 2.42. The molecule has 21 heavy (non-hydrogen) atoms. The fourth-order valence-corrected chi connectivity index (χ4v) is 2.02. The minimum Gasteiger partial charge on any atom is -0.505 e. The molecule has 0 radical (unpaired) electrons. The molecule has 1 heterocycles. The Morgan fingerprint density at radius 2 is 1.81 bits per heavy atom. The number of aromatic nitrogens is 1. The highest BCUT2D eigenvalue weighted by Crippen LogP contribution is 2.35. The third-order valence-electron chi connectivity index (χ3n) is 2.90. The van der Waals surface area contributed by atoms with E-state index in [2.05, 4.69) is 4.98 Å². The Kier molecular flexibility index (Phi) is 3.77. The summed E-state index contributed by atoms with van der Waals surface area (Å²) in [5.41, 5.74) is 0.911. The first-order valence-corrected chi connectivity index (χ1v) is 6.60. The molecule has 2 N–H and O–H groups in total. The number of benzene rings is 1. The van der Waals surface area contributed by atoms with Crippen LogP contribution in [-0.4, -0.2) is 21.7 Å². The van der Waals surface area contributed by atoms with Crippen molar-refractivity contribution in [3.8, 4) is 17.0 Å². The number of hydrogen-bond acceptors (Lipinski definition) is 3. The molecule has 0 spiro atoms. The summed E-state index contributed by atoms with van der Waals surface area (Å²) in [6.45, 7) is 6.94. The van der Waals surface area contributed by atoms with Crippen LogP contribution in [0.25, 0.3) is 11.3 Å². The smallest absolute Gasteiger partial charge is 0.344 e. The lowest BCUT2D eigenvalue weighted by Gasteiger charge is -2.19. The van der Waals surface area contributed by atoms with Gasteiger partial charge < -0.3 is 14.8 Å². The summed E-state index contributed by atoms with van der Waals surface area (Å²) >= 11 is 0. The maximum atomic E-state index is 13.0. The van der Waals surface area contributed by atoms with E-state index in [9.17, 15) is 14.3 Å². The van der Waals surface area contributed by atoms with Gasteiger partial charge in [-0.1, -0.05) is 0 Å². The molecule has 0 aliphatic rings. The lowest BCUT2D eigenvalue weighted by atomic mass is 10.1. The first-order chi connectivity index (χ1) is 9.69. The normalized spacial score (nSPS) is 11.5. The highest BCUT2D eigenvalue weighted by molar-refractivity contribution is 5.97. The zero-order valence-corrected chi connectivity index (χ0v) is 12.5. The number of nitrogens with one attached hydrogen (secondary N) is 1. The first kappa shape index (κ1) is 15.1. The van der Waals surface area contributed by atoms with Crippen molar-refractivity contribution in [2.24, 2.45) is 0 Å². The topological polar surface area (TPSA) is 62.3 Å². The number of halogens is 1. The van der Waals surface area contributed by atoms with Crippen molar-refractivity contribution < 1.29 is 19.0 Å². The molecule has 2 rings (SSSR count). The third-order valence-corrected chi connectivity index (χ3v) is 2.90. The molecule has 0 atom stereocenters. The molecule has 112 valence electrons. The van der Waals surface area contributed by atoms with Gasteiger partial charge in [0.25, 0.3) is 0 Å². The molecular weight excluding hydrogens is 273 g/mol. The average Bonchev–Trinajstić information content (AvgIpc) is 2.63. The minimum absolute atomic E-state index is 0.101. The van der Waals surface area contributed by atoms with Crippen LogP contribution in [-0.2, 0) is 4.74 Å². The van der Waals surface area contributed by atoms with Crippen LogP contribution in [0.1, 0.15) is 36.8 Å². The van der Waals surface area contributed by atoms with Gasteiger partial charge >= 0.3 is 5.97 Å². The van der Waals surface area contributed by atoms with Gasteiger partial charge in [0.15, 0.2) is 5.75 Å². The monoisotopic (exact) mass is 291 g/mol. The van der Waals surface area contributed by atoms with Crippen LogP contribution in [0.4, 0.5) is 4.39 Å². The molecule has 0 saturated carbocycles. The second kappa shape index (κ2) is 5.24. The predicted molar refractivity (Wildman–Crippen MR) is 77.8 cm³/mol. The van der Waals surface area contributed by atoms with Crippen LogP contribution < -0.4 is 0 Å². The predicted octanol–water partition coefficient (Wildman–Crippen LogP) is 3.79. The molecule has 2 aromatic rings. The second-order valence-electron chi connectivity index (χ2n) is 5.86. The number of ether oxygens (including phenoxy) is 1. The number of esters is 1. The molecule has 0 bridgehead atoms.